The Hall–Kier alpha value is -2.24. The largest absolute Gasteiger partial charge is 0.375 e. The number of hydrogen-bond donors (Lipinski definition) is 1. The molecule has 24 heavy (non-hydrogen) atoms. The van der Waals surface area contributed by atoms with Gasteiger partial charge in [0.2, 0.25) is 0 Å². The molecular formula is C19H20N4S. The fourth-order valence-electron chi connectivity index (χ4n) is 3.23. The lowest BCUT2D eigenvalue weighted by atomic mass is 10.1. The van der Waals surface area contributed by atoms with Crippen molar-refractivity contribution in [2.75, 3.05) is 25.4 Å². The molecule has 4 nitrogen and oxygen atoms in total. The highest BCUT2D eigenvalue weighted by Crippen LogP contribution is 2.24. The van der Waals surface area contributed by atoms with Gasteiger partial charge in [0.25, 0.3) is 0 Å². The molecule has 0 bridgehead atoms. The minimum atomic E-state index is 0.707. The van der Waals surface area contributed by atoms with E-state index in [0.29, 0.717) is 5.13 Å². The van der Waals surface area contributed by atoms with Gasteiger partial charge >= 0.3 is 0 Å². The van der Waals surface area contributed by atoms with Crippen LogP contribution in [0.2, 0.25) is 0 Å². The van der Waals surface area contributed by atoms with Crippen molar-refractivity contribution in [3.8, 4) is 0 Å². The van der Waals surface area contributed by atoms with E-state index in [4.69, 9.17) is 5.73 Å². The Bertz CT molecular complexity index is 853. The number of aromatic nitrogens is 2. The Balaban J connectivity index is 1.43. The van der Waals surface area contributed by atoms with E-state index < -0.39 is 0 Å². The predicted octanol–water partition coefficient (Wildman–Crippen LogP) is 3.39. The van der Waals surface area contributed by atoms with Crippen LogP contribution >= 0.6 is 11.3 Å². The van der Waals surface area contributed by atoms with E-state index in [1.807, 2.05) is 12.4 Å². The highest BCUT2D eigenvalue weighted by molar-refractivity contribution is 7.15. The van der Waals surface area contributed by atoms with Crippen LogP contribution in [0, 0.1) is 0 Å². The van der Waals surface area contributed by atoms with Crippen molar-refractivity contribution in [1.82, 2.24) is 14.9 Å². The second kappa shape index (κ2) is 6.71. The number of fused-ring (bicyclic) bond motifs is 2. The number of thiazole rings is 1. The fraction of sp³-hybridized carbons (Fsp3) is 0.263. The second-order valence-electron chi connectivity index (χ2n) is 6.07. The number of rotatable bonds is 3. The smallest absolute Gasteiger partial charge is 0.180 e. The van der Waals surface area contributed by atoms with Gasteiger partial charge in [-0.1, -0.05) is 30.4 Å². The van der Waals surface area contributed by atoms with Crippen LogP contribution < -0.4 is 5.73 Å². The minimum Gasteiger partial charge on any atom is -0.375 e. The maximum absolute atomic E-state index is 5.81. The summed E-state index contributed by atoms with van der Waals surface area (Å²) >= 11 is 1.64. The third-order valence-electron chi connectivity index (χ3n) is 4.49. The van der Waals surface area contributed by atoms with E-state index in [-0.39, 0.29) is 0 Å². The molecule has 2 N–H and O–H groups in total. The zero-order valence-corrected chi connectivity index (χ0v) is 14.3. The second-order valence-corrected chi connectivity index (χ2v) is 7.18. The average molecular weight is 336 g/mol. The van der Waals surface area contributed by atoms with E-state index in [0.717, 1.165) is 32.5 Å². The first-order valence-electron chi connectivity index (χ1n) is 8.25. The molecule has 1 aliphatic heterocycles. The highest BCUT2D eigenvalue weighted by atomic mass is 32.1. The van der Waals surface area contributed by atoms with Gasteiger partial charge < -0.3 is 5.73 Å². The summed E-state index contributed by atoms with van der Waals surface area (Å²) in [6.45, 7) is 3.07. The molecule has 122 valence electrons. The average Bonchev–Trinajstić information content (AvgIpc) is 2.86. The number of pyridine rings is 1. The monoisotopic (exact) mass is 336 g/mol. The normalized spacial score (nSPS) is 15.7. The molecule has 0 amide bonds. The number of anilines is 1. The molecule has 0 spiro atoms. The third kappa shape index (κ3) is 3.18. The molecule has 5 heteroatoms. The number of nitrogens with two attached hydrogens (primary N) is 1. The minimum absolute atomic E-state index is 0.707. The molecular weight excluding hydrogens is 316 g/mol. The van der Waals surface area contributed by atoms with Crippen LogP contribution in [-0.4, -0.2) is 34.5 Å². The summed E-state index contributed by atoms with van der Waals surface area (Å²) in [4.78, 5) is 12.5. The molecule has 0 saturated heterocycles. The zero-order valence-electron chi connectivity index (χ0n) is 13.5. The van der Waals surface area contributed by atoms with Gasteiger partial charge in [0.15, 0.2) is 5.13 Å². The van der Waals surface area contributed by atoms with Gasteiger partial charge in [0.05, 0.1) is 5.69 Å². The molecule has 3 aromatic rings. The van der Waals surface area contributed by atoms with E-state index in [2.05, 4.69) is 51.3 Å². The van der Waals surface area contributed by atoms with Crippen molar-refractivity contribution < 1.29 is 0 Å². The van der Waals surface area contributed by atoms with Gasteiger partial charge in [-0.3, -0.25) is 9.88 Å². The zero-order chi connectivity index (χ0) is 16.4. The number of nitrogens with zero attached hydrogens (tertiary/aromatic N) is 3. The van der Waals surface area contributed by atoms with E-state index in [9.17, 15) is 0 Å². The lowest BCUT2D eigenvalue weighted by molar-refractivity contribution is 0.318. The van der Waals surface area contributed by atoms with Gasteiger partial charge in [0, 0.05) is 48.7 Å². The summed E-state index contributed by atoms with van der Waals surface area (Å²) in [6.07, 6.45) is 10.3. The summed E-state index contributed by atoms with van der Waals surface area (Å²) < 4.78 is 0. The molecule has 4 rings (SSSR count). The van der Waals surface area contributed by atoms with Crippen molar-refractivity contribution >= 4 is 33.3 Å². The van der Waals surface area contributed by atoms with Crippen molar-refractivity contribution in [3.05, 3.63) is 58.9 Å². The van der Waals surface area contributed by atoms with Gasteiger partial charge in [-0.2, -0.15) is 0 Å². The summed E-state index contributed by atoms with van der Waals surface area (Å²) in [6, 6.07) is 8.43. The van der Waals surface area contributed by atoms with E-state index in [1.54, 1.807) is 11.3 Å². The lowest BCUT2D eigenvalue weighted by Crippen LogP contribution is -2.26. The Morgan fingerprint density at radius 3 is 3.08 bits per heavy atom. The highest BCUT2D eigenvalue weighted by Gasteiger charge is 2.16. The van der Waals surface area contributed by atoms with Crippen LogP contribution in [0.5, 0.6) is 0 Å². The SMILES string of the molecule is Nc1nc2c(s1)CCN(CC=Cc1cccc3cnccc13)CC2. The van der Waals surface area contributed by atoms with Crippen LogP contribution in [0.3, 0.4) is 0 Å². The van der Waals surface area contributed by atoms with Crippen LogP contribution in [0.1, 0.15) is 16.1 Å². The Morgan fingerprint density at radius 1 is 1.21 bits per heavy atom. The van der Waals surface area contributed by atoms with Crippen LogP contribution in [0.15, 0.2) is 42.7 Å². The molecule has 1 aromatic carbocycles. The van der Waals surface area contributed by atoms with Crippen molar-refractivity contribution in [3.63, 3.8) is 0 Å². The molecule has 3 heterocycles. The summed E-state index contributed by atoms with van der Waals surface area (Å²) in [5, 5.41) is 3.14. The lowest BCUT2D eigenvalue weighted by Gasteiger charge is -2.17. The molecule has 0 fully saturated rings. The standard InChI is InChI=1S/C19H20N4S/c20-19-22-17-7-11-23(12-8-18(17)24-19)10-2-5-14-3-1-4-15-13-21-9-6-16(14)15/h1-6,9,13H,7-8,10-12H2,(H2,20,22). The van der Waals surface area contributed by atoms with Gasteiger partial charge in [0.1, 0.15) is 0 Å². The molecule has 1 aliphatic rings. The number of nitrogen functional groups attached to an aromatic ring is 1. The van der Waals surface area contributed by atoms with E-state index >= 15 is 0 Å². The van der Waals surface area contributed by atoms with Crippen molar-refractivity contribution in [1.29, 1.82) is 0 Å². The summed E-state index contributed by atoms with van der Waals surface area (Å²) in [5.41, 5.74) is 8.26. The maximum Gasteiger partial charge on any atom is 0.180 e. The third-order valence-corrected chi connectivity index (χ3v) is 5.48. The van der Waals surface area contributed by atoms with Crippen LogP contribution in [-0.2, 0) is 12.8 Å². The molecule has 0 atom stereocenters. The molecule has 0 radical (unpaired) electrons. The molecule has 0 saturated carbocycles. The number of benzene rings is 1. The quantitative estimate of drug-likeness (QED) is 0.796. The summed E-state index contributed by atoms with van der Waals surface area (Å²) in [5.74, 6) is 0. The van der Waals surface area contributed by atoms with E-state index in [1.165, 1.54) is 26.9 Å². The van der Waals surface area contributed by atoms with Crippen molar-refractivity contribution in [2.45, 2.75) is 12.8 Å². The van der Waals surface area contributed by atoms with Crippen LogP contribution in [0.4, 0.5) is 5.13 Å². The molecule has 0 unspecified atom stereocenters. The maximum atomic E-state index is 5.81. The predicted molar refractivity (Wildman–Crippen MR) is 101 cm³/mol. The molecule has 0 aliphatic carbocycles. The molecule has 2 aromatic heterocycles. The van der Waals surface area contributed by atoms with Gasteiger partial charge in [-0.25, -0.2) is 4.98 Å². The first-order valence-corrected chi connectivity index (χ1v) is 9.07. The van der Waals surface area contributed by atoms with Gasteiger partial charge in [-0.15, -0.1) is 11.3 Å². The number of hydrogen-bond acceptors (Lipinski definition) is 5. The van der Waals surface area contributed by atoms with Gasteiger partial charge in [-0.05, 0) is 23.4 Å². The fourth-order valence-corrected chi connectivity index (χ4v) is 4.10. The summed E-state index contributed by atoms with van der Waals surface area (Å²) in [7, 11) is 0. The Kier molecular flexibility index (Phi) is 4.28. The van der Waals surface area contributed by atoms with Crippen molar-refractivity contribution in [2.24, 2.45) is 0 Å². The van der Waals surface area contributed by atoms with Crippen LogP contribution in [0.25, 0.3) is 16.8 Å². The Morgan fingerprint density at radius 2 is 2.12 bits per heavy atom. The first-order chi connectivity index (χ1) is 11.8. The first kappa shape index (κ1) is 15.3. The topological polar surface area (TPSA) is 55.0 Å². The Labute approximate surface area is 145 Å².